The molecule has 3 N–H and O–H groups in total. The predicted molar refractivity (Wildman–Crippen MR) is 76.8 cm³/mol. The van der Waals surface area contributed by atoms with Gasteiger partial charge in [0.1, 0.15) is 0 Å². The standard InChI is InChI=1S/C11H15N7OS/c1-3-18(4-2)9-15-8(12)16-11(17-9)20-10-13-6-5-7(19)14-10/h5-6H,3-4H2,1-2H3,(H,13,14,19)(H2,12,15,16,17). The maximum Gasteiger partial charge on any atom is 0.251 e. The number of nitrogens with two attached hydrogens (primary N) is 1. The van der Waals surface area contributed by atoms with E-state index in [1.54, 1.807) is 0 Å². The molecule has 2 heterocycles. The van der Waals surface area contributed by atoms with Gasteiger partial charge in [0.05, 0.1) is 0 Å². The lowest BCUT2D eigenvalue weighted by Gasteiger charge is -2.18. The van der Waals surface area contributed by atoms with E-state index in [2.05, 4.69) is 24.9 Å². The first kappa shape index (κ1) is 14.3. The third-order valence-corrected chi connectivity index (χ3v) is 3.27. The van der Waals surface area contributed by atoms with Crippen LogP contribution in [-0.4, -0.2) is 38.0 Å². The number of H-pyrrole nitrogens is 1. The average molecular weight is 293 g/mol. The molecular weight excluding hydrogens is 278 g/mol. The Labute approximate surface area is 119 Å². The molecule has 0 bridgehead atoms. The Morgan fingerprint density at radius 1 is 1.30 bits per heavy atom. The van der Waals surface area contributed by atoms with Crippen LogP contribution in [0, 0.1) is 0 Å². The van der Waals surface area contributed by atoms with E-state index in [1.165, 1.54) is 12.3 Å². The summed E-state index contributed by atoms with van der Waals surface area (Å²) in [6.07, 6.45) is 1.43. The summed E-state index contributed by atoms with van der Waals surface area (Å²) in [6, 6.07) is 1.34. The van der Waals surface area contributed by atoms with Gasteiger partial charge < -0.3 is 15.6 Å². The highest BCUT2D eigenvalue weighted by Crippen LogP contribution is 2.22. The number of nitrogens with zero attached hydrogens (tertiary/aromatic N) is 5. The molecule has 0 radical (unpaired) electrons. The lowest BCUT2D eigenvalue weighted by molar-refractivity contribution is 0.785. The first-order chi connectivity index (χ1) is 9.62. The van der Waals surface area contributed by atoms with Crippen molar-refractivity contribution in [3.63, 3.8) is 0 Å². The fraction of sp³-hybridized carbons (Fsp3) is 0.364. The molecule has 106 valence electrons. The van der Waals surface area contributed by atoms with Crippen LogP contribution in [0.4, 0.5) is 11.9 Å². The molecule has 2 aromatic heterocycles. The van der Waals surface area contributed by atoms with Crippen LogP contribution in [0.3, 0.4) is 0 Å². The van der Waals surface area contributed by atoms with Crippen LogP contribution in [0.2, 0.25) is 0 Å². The average Bonchev–Trinajstić information content (AvgIpc) is 2.39. The smallest absolute Gasteiger partial charge is 0.251 e. The summed E-state index contributed by atoms with van der Waals surface area (Å²) >= 11 is 1.13. The lowest BCUT2D eigenvalue weighted by atomic mass is 10.5. The zero-order valence-electron chi connectivity index (χ0n) is 11.2. The summed E-state index contributed by atoms with van der Waals surface area (Å²) in [4.78, 5) is 32.3. The van der Waals surface area contributed by atoms with Crippen LogP contribution < -0.4 is 16.2 Å². The molecule has 9 heteroatoms. The molecule has 0 aliphatic carbocycles. The van der Waals surface area contributed by atoms with E-state index in [9.17, 15) is 4.79 Å². The van der Waals surface area contributed by atoms with E-state index in [4.69, 9.17) is 5.73 Å². The van der Waals surface area contributed by atoms with Gasteiger partial charge in [0.2, 0.25) is 17.1 Å². The number of nitrogen functional groups attached to an aromatic ring is 1. The fourth-order valence-corrected chi connectivity index (χ4v) is 2.25. The van der Waals surface area contributed by atoms with E-state index in [1.807, 2.05) is 18.7 Å². The number of rotatable bonds is 5. The number of aromatic amines is 1. The van der Waals surface area contributed by atoms with Crippen LogP contribution in [0.15, 0.2) is 27.4 Å². The summed E-state index contributed by atoms with van der Waals surface area (Å²) in [5.41, 5.74) is 5.47. The molecule has 0 aromatic carbocycles. The maximum absolute atomic E-state index is 11.2. The molecule has 0 atom stereocenters. The second-order valence-electron chi connectivity index (χ2n) is 3.79. The highest BCUT2D eigenvalue weighted by molar-refractivity contribution is 7.99. The first-order valence-corrected chi connectivity index (χ1v) is 6.93. The van der Waals surface area contributed by atoms with Crippen molar-refractivity contribution in [1.82, 2.24) is 24.9 Å². The fourth-order valence-electron chi connectivity index (χ4n) is 1.54. The SMILES string of the molecule is CCN(CC)c1nc(N)nc(Sc2nccc(=O)[nH]2)n1. The van der Waals surface area contributed by atoms with Crippen molar-refractivity contribution in [3.05, 3.63) is 22.6 Å². The molecule has 0 amide bonds. The normalized spacial score (nSPS) is 10.5. The Balaban J connectivity index is 2.30. The van der Waals surface area contributed by atoms with Crippen molar-refractivity contribution in [1.29, 1.82) is 0 Å². The molecular formula is C11H15N7OS. The number of hydrogen-bond donors (Lipinski definition) is 2. The van der Waals surface area contributed by atoms with Crippen molar-refractivity contribution < 1.29 is 0 Å². The van der Waals surface area contributed by atoms with Crippen LogP contribution in [0.25, 0.3) is 0 Å². The van der Waals surface area contributed by atoms with Gasteiger partial charge in [-0.1, -0.05) is 0 Å². The van der Waals surface area contributed by atoms with Crippen molar-refractivity contribution >= 4 is 23.7 Å². The highest BCUT2D eigenvalue weighted by Gasteiger charge is 2.11. The summed E-state index contributed by atoms with van der Waals surface area (Å²) in [7, 11) is 0. The molecule has 0 spiro atoms. The van der Waals surface area contributed by atoms with Gasteiger partial charge in [-0.25, -0.2) is 4.98 Å². The van der Waals surface area contributed by atoms with E-state index in [0.717, 1.165) is 24.9 Å². The molecule has 0 saturated heterocycles. The topological polar surface area (TPSA) is 114 Å². The molecule has 0 aliphatic rings. The Morgan fingerprint density at radius 2 is 2.05 bits per heavy atom. The van der Waals surface area contributed by atoms with Gasteiger partial charge in [0, 0.05) is 25.4 Å². The van der Waals surface area contributed by atoms with Crippen molar-refractivity contribution in [2.24, 2.45) is 0 Å². The number of aromatic nitrogens is 5. The summed E-state index contributed by atoms with van der Waals surface area (Å²) in [6.45, 7) is 5.55. The van der Waals surface area contributed by atoms with Crippen LogP contribution >= 0.6 is 11.8 Å². The third-order valence-electron chi connectivity index (χ3n) is 2.50. The quantitative estimate of drug-likeness (QED) is 0.768. The Morgan fingerprint density at radius 3 is 2.70 bits per heavy atom. The van der Waals surface area contributed by atoms with Crippen LogP contribution in [0.5, 0.6) is 0 Å². The molecule has 0 saturated carbocycles. The van der Waals surface area contributed by atoms with Gasteiger partial charge in [-0.2, -0.15) is 15.0 Å². The Bertz CT molecular complexity index is 641. The van der Waals surface area contributed by atoms with Gasteiger partial charge in [0.15, 0.2) is 5.16 Å². The lowest BCUT2D eigenvalue weighted by Crippen LogP contribution is -2.25. The second-order valence-corrected chi connectivity index (χ2v) is 4.75. The van der Waals surface area contributed by atoms with Gasteiger partial charge in [0.25, 0.3) is 5.56 Å². The van der Waals surface area contributed by atoms with Crippen LogP contribution in [-0.2, 0) is 0 Å². The summed E-state index contributed by atoms with van der Waals surface area (Å²) in [5.74, 6) is 0.658. The number of anilines is 2. The first-order valence-electron chi connectivity index (χ1n) is 6.12. The zero-order valence-corrected chi connectivity index (χ0v) is 12.0. The van der Waals surface area contributed by atoms with E-state index >= 15 is 0 Å². The predicted octanol–water partition coefficient (Wildman–Crippen LogP) is 0.534. The summed E-state index contributed by atoms with van der Waals surface area (Å²) < 4.78 is 0. The van der Waals surface area contributed by atoms with Gasteiger partial charge in [-0.3, -0.25) is 4.79 Å². The molecule has 8 nitrogen and oxygen atoms in total. The van der Waals surface area contributed by atoms with E-state index < -0.39 is 0 Å². The molecule has 2 rings (SSSR count). The zero-order chi connectivity index (χ0) is 14.5. The minimum Gasteiger partial charge on any atom is -0.368 e. The van der Waals surface area contributed by atoms with Crippen LogP contribution in [0.1, 0.15) is 13.8 Å². The second kappa shape index (κ2) is 6.33. The van der Waals surface area contributed by atoms with Crippen molar-refractivity contribution in [2.45, 2.75) is 24.2 Å². The molecule has 0 aliphatic heterocycles. The van der Waals surface area contributed by atoms with E-state index in [0.29, 0.717) is 16.3 Å². The number of nitrogens with one attached hydrogen (secondary N) is 1. The maximum atomic E-state index is 11.2. The minimum absolute atomic E-state index is 0.141. The minimum atomic E-state index is -0.228. The molecule has 20 heavy (non-hydrogen) atoms. The molecule has 0 unspecified atom stereocenters. The Kier molecular flexibility index (Phi) is 4.51. The highest BCUT2D eigenvalue weighted by atomic mass is 32.2. The molecule has 0 fully saturated rings. The molecule has 2 aromatic rings. The van der Waals surface area contributed by atoms with Gasteiger partial charge >= 0.3 is 0 Å². The van der Waals surface area contributed by atoms with E-state index in [-0.39, 0.29) is 11.5 Å². The largest absolute Gasteiger partial charge is 0.368 e. The van der Waals surface area contributed by atoms with Gasteiger partial charge in [-0.15, -0.1) is 0 Å². The van der Waals surface area contributed by atoms with Crippen molar-refractivity contribution in [3.8, 4) is 0 Å². The summed E-state index contributed by atoms with van der Waals surface area (Å²) in [5, 5.41) is 0.808. The van der Waals surface area contributed by atoms with Crippen molar-refractivity contribution in [2.75, 3.05) is 23.7 Å². The number of hydrogen-bond acceptors (Lipinski definition) is 8. The monoisotopic (exact) mass is 293 g/mol. The Hall–Kier alpha value is -2.16. The van der Waals surface area contributed by atoms with Gasteiger partial charge in [-0.05, 0) is 25.6 Å². The third kappa shape index (κ3) is 3.44.